The summed E-state index contributed by atoms with van der Waals surface area (Å²) in [7, 11) is -3.93. The number of amides is 1. The molecule has 1 amide bonds. The van der Waals surface area contributed by atoms with Crippen LogP contribution in [0, 0.1) is 15.9 Å². The smallest absolute Gasteiger partial charge is 0.269 e. The molecule has 3 aromatic rings. The molecule has 0 aliphatic carbocycles. The fourth-order valence-corrected chi connectivity index (χ4v) is 4.50. The zero-order valence-corrected chi connectivity index (χ0v) is 15.0. The minimum absolute atomic E-state index is 0.0461. The van der Waals surface area contributed by atoms with Gasteiger partial charge >= 0.3 is 0 Å². The van der Waals surface area contributed by atoms with Crippen molar-refractivity contribution in [2.75, 3.05) is 5.32 Å². The second kappa shape index (κ2) is 7.21. The number of thiazole rings is 1. The van der Waals surface area contributed by atoms with Gasteiger partial charge in [0.1, 0.15) is 10.0 Å². The first-order valence-corrected chi connectivity index (χ1v) is 9.59. The number of nitrogens with one attached hydrogen (secondary N) is 1. The van der Waals surface area contributed by atoms with Crippen LogP contribution in [0.3, 0.4) is 0 Å². The Morgan fingerprint density at radius 1 is 1.11 bits per heavy atom. The maximum atomic E-state index is 12.9. The number of non-ortho nitro benzene ring substituents is 1. The summed E-state index contributed by atoms with van der Waals surface area (Å²) in [6.45, 7) is 0. The third kappa shape index (κ3) is 3.99. The minimum atomic E-state index is -3.93. The lowest BCUT2D eigenvalue weighted by Crippen LogP contribution is -2.11. The van der Waals surface area contributed by atoms with Gasteiger partial charge < -0.3 is 0 Å². The zero-order valence-electron chi connectivity index (χ0n) is 13.3. The molecule has 0 aliphatic heterocycles. The van der Waals surface area contributed by atoms with E-state index in [2.05, 4.69) is 10.3 Å². The van der Waals surface area contributed by atoms with Crippen LogP contribution in [0.4, 0.5) is 15.2 Å². The number of nitrogens with zero attached hydrogens (tertiary/aromatic N) is 2. The lowest BCUT2D eigenvalue weighted by atomic mass is 10.2. The van der Waals surface area contributed by atoms with E-state index in [-0.39, 0.29) is 25.5 Å². The number of carbonyl (C=O) groups is 1. The van der Waals surface area contributed by atoms with Crippen molar-refractivity contribution < 1.29 is 22.5 Å². The number of rotatable bonds is 5. The van der Waals surface area contributed by atoms with Crippen molar-refractivity contribution in [1.82, 2.24) is 4.98 Å². The molecule has 0 radical (unpaired) electrons. The molecule has 3 rings (SSSR count). The van der Waals surface area contributed by atoms with Crippen molar-refractivity contribution in [2.24, 2.45) is 0 Å². The van der Waals surface area contributed by atoms with E-state index in [1.165, 1.54) is 12.1 Å². The Labute approximate surface area is 156 Å². The lowest BCUT2D eigenvalue weighted by Gasteiger charge is -2.02. The summed E-state index contributed by atoms with van der Waals surface area (Å²) in [4.78, 5) is 25.8. The van der Waals surface area contributed by atoms with E-state index in [0.717, 1.165) is 53.9 Å². The van der Waals surface area contributed by atoms with Gasteiger partial charge in [-0.15, -0.1) is 0 Å². The Bertz CT molecular complexity index is 1110. The quantitative estimate of drug-likeness (QED) is 0.512. The van der Waals surface area contributed by atoms with Crippen LogP contribution < -0.4 is 5.32 Å². The molecule has 0 saturated carbocycles. The normalized spacial score (nSPS) is 11.1. The zero-order chi connectivity index (χ0) is 19.6. The van der Waals surface area contributed by atoms with Crippen molar-refractivity contribution in [3.05, 3.63) is 76.2 Å². The van der Waals surface area contributed by atoms with Gasteiger partial charge in [0.2, 0.25) is 9.84 Å². The Morgan fingerprint density at radius 3 is 2.33 bits per heavy atom. The number of hydrogen-bond acceptors (Lipinski definition) is 7. The summed E-state index contributed by atoms with van der Waals surface area (Å²) in [5.41, 5.74) is -0.0446. The molecule has 8 nitrogen and oxygen atoms in total. The highest BCUT2D eigenvalue weighted by Gasteiger charge is 2.22. The molecular formula is C16H10FN3O5S2. The maximum Gasteiger partial charge on any atom is 0.269 e. The van der Waals surface area contributed by atoms with E-state index >= 15 is 0 Å². The van der Waals surface area contributed by atoms with Crippen molar-refractivity contribution in [3.8, 4) is 0 Å². The largest absolute Gasteiger partial charge is 0.298 e. The SMILES string of the molecule is O=C(Nc1ncc(S(=O)(=O)c2ccc([N+](=O)[O-])cc2)s1)c1ccc(F)cc1. The van der Waals surface area contributed by atoms with Crippen molar-refractivity contribution in [1.29, 1.82) is 0 Å². The number of nitro groups is 1. The van der Waals surface area contributed by atoms with Crippen LogP contribution in [0.1, 0.15) is 10.4 Å². The first-order chi connectivity index (χ1) is 12.8. The van der Waals surface area contributed by atoms with E-state index in [0.29, 0.717) is 0 Å². The number of sulfone groups is 1. The van der Waals surface area contributed by atoms with Gasteiger partial charge in [0.25, 0.3) is 11.6 Å². The average Bonchev–Trinajstić information content (AvgIpc) is 3.11. The molecule has 1 N–H and O–H groups in total. The van der Waals surface area contributed by atoms with Crippen LogP contribution in [0.15, 0.2) is 63.8 Å². The van der Waals surface area contributed by atoms with Gasteiger partial charge in [-0.1, -0.05) is 11.3 Å². The topological polar surface area (TPSA) is 119 Å². The molecule has 0 bridgehead atoms. The molecule has 1 aromatic heterocycles. The molecule has 0 fully saturated rings. The van der Waals surface area contributed by atoms with Crippen molar-refractivity contribution in [2.45, 2.75) is 9.10 Å². The van der Waals surface area contributed by atoms with Gasteiger partial charge in [0.15, 0.2) is 5.13 Å². The third-order valence-corrected chi connectivity index (χ3v) is 6.58. The summed E-state index contributed by atoms with van der Waals surface area (Å²) >= 11 is 0.732. The number of anilines is 1. The Morgan fingerprint density at radius 2 is 1.74 bits per heavy atom. The summed E-state index contributed by atoms with van der Waals surface area (Å²) < 4.78 is 37.9. The van der Waals surface area contributed by atoms with Crippen LogP contribution in [0.25, 0.3) is 0 Å². The van der Waals surface area contributed by atoms with Crippen LogP contribution in [0.2, 0.25) is 0 Å². The lowest BCUT2D eigenvalue weighted by molar-refractivity contribution is -0.384. The predicted molar refractivity (Wildman–Crippen MR) is 95.0 cm³/mol. The van der Waals surface area contributed by atoms with E-state index in [4.69, 9.17) is 0 Å². The molecular weight excluding hydrogens is 397 g/mol. The van der Waals surface area contributed by atoms with Gasteiger partial charge in [-0.05, 0) is 36.4 Å². The monoisotopic (exact) mass is 407 g/mol. The molecule has 27 heavy (non-hydrogen) atoms. The Hall–Kier alpha value is -3.18. The number of hydrogen-bond donors (Lipinski definition) is 1. The van der Waals surface area contributed by atoms with Gasteiger partial charge in [0.05, 0.1) is 16.0 Å². The highest BCUT2D eigenvalue weighted by Crippen LogP contribution is 2.29. The molecule has 2 aromatic carbocycles. The fraction of sp³-hybridized carbons (Fsp3) is 0. The Balaban J connectivity index is 1.80. The summed E-state index contributed by atoms with van der Waals surface area (Å²) in [6.07, 6.45) is 1.09. The highest BCUT2D eigenvalue weighted by molar-refractivity contribution is 7.93. The standard InChI is InChI=1S/C16H10FN3O5S2/c17-11-3-1-10(2-4-11)15(21)19-16-18-9-14(26-16)27(24,25)13-7-5-12(6-8-13)20(22)23/h1-9H,(H,18,19,21). The highest BCUT2D eigenvalue weighted by atomic mass is 32.2. The molecule has 0 aliphatic rings. The first-order valence-electron chi connectivity index (χ1n) is 7.29. The van der Waals surface area contributed by atoms with E-state index in [1.54, 1.807) is 0 Å². The number of aromatic nitrogens is 1. The number of carbonyl (C=O) groups excluding carboxylic acids is 1. The van der Waals surface area contributed by atoms with E-state index in [9.17, 15) is 27.7 Å². The van der Waals surface area contributed by atoms with Crippen molar-refractivity contribution in [3.63, 3.8) is 0 Å². The molecule has 0 atom stereocenters. The Kier molecular flexibility index (Phi) is 4.97. The van der Waals surface area contributed by atoms with Crippen LogP contribution >= 0.6 is 11.3 Å². The molecule has 138 valence electrons. The van der Waals surface area contributed by atoms with Gasteiger partial charge in [0, 0.05) is 17.7 Å². The second-order valence-corrected chi connectivity index (χ2v) is 8.41. The second-order valence-electron chi connectivity index (χ2n) is 5.20. The van der Waals surface area contributed by atoms with Crippen LogP contribution in [0.5, 0.6) is 0 Å². The average molecular weight is 407 g/mol. The summed E-state index contributed by atoms with van der Waals surface area (Å²) in [5.74, 6) is -1.05. The number of nitro benzene ring substituents is 1. The summed E-state index contributed by atoms with van der Waals surface area (Å²) in [5, 5.41) is 13.1. The molecule has 0 saturated heterocycles. The van der Waals surface area contributed by atoms with Crippen LogP contribution in [-0.4, -0.2) is 24.2 Å². The molecule has 0 unspecified atom stereocenters. The molecule has 1 heterocycles. The number of benzene rings is 2. The summed E-state index contributed by atoms with van der Waals surface area (Å²) in [6, 6.07) is 9.26. The number of halogens is 1. The first kappa shape index (κ1) is 18.6. The van der Waals surface area contributed by atoms with E-state index < -0.39 is 26.5 Å². The van der Waals surface area contributed by atoms with Crippen LogP contribution in [-0.2, 0) is 9.84 Å². The fourth-order valence-electron chi connectivity index (χ4n) is 2.08. The van der Waals surface area contributed by atoms with E-state index in [1.807, 2.05) is 0 Å². The van der Waals surface area contributed by atoms with Gasteiger partial charge in [-0.25, -0.2) is 17.8 Å². The molecule has 0 spiro atoms. The minimum Gasteiger partial charge on any atom is -0.298 e. The van der Waals surface area contributed by atoms with Gasteiger partial charge in [-0.3, -0.25) is 20.2 Å². The molecule has 11 heteroatoms. The predicted octanol–water partition coefficient (Wildman–Crippen LogP) is 3.28. The third-order valence-electron chi connectivity index (χ3n) is 3.43. The van der Waals surface area contributed by atoms with Gasteiger partial charge in [-0.2, -0.15) is 0 Å². The maximum absolute atomic E-state index is 12.9. The van der Waals surface area contributed by atoms with Crippen molar-refractivity contribution >= 4 is 37.9 Å².